The van der Waals surface area contributed by atoms with E-state index in [0.29, 0.717) is 38.8 Å². The predicted octanol–water partition coefficient (Wildman–Crippen LogP) is 6.67. The maximum atomic E-state index is 14.8. The number of halogens is 1. The van der Waals surface area contributed by atoms with Crippen molar-refractivity contribution in [2.45, 2.75) is 18.0 Å². The molecule has 0 amide bonds. The van der Waals surface area contributed by atoms with Crippen LogP contribution in [-0.2, 0) is 0 Å². The van der Waals surface area contributed by atoms with E-state index in [9.17, 15) is 14.4 Å². The van der Waals surface area contributed by atoms with Crippen molar-refractivity contribution in [3.05, 3.63) is 130 Å². The summed E-state index contributed by atoms with van der Waals surface area (Å²) in [5.41, 5.74) is 1.70. The average molecular weight is 576 g/mol. The molecule has 3 aliphatic rings. The SMILES string of the molecule is COc1ccc([C@H]2[C@H](C(=O)c3ccccc3)N3c4ccc(Cl)cc4C=CC3C23C(=O)c2ccccc2C3=O)c(OC)c1. The highest BCUT2D eigenvalue weighted by Gasteiger charge is 2.72. The van der Waals surface area contributed by atoms with Crippen molar-refractivity contribution in [3.63, 3.8) is 0 Å². The molecule has 7 rings (SSSR count). The van der Waals surface area contributed by atoms with Gasteiger partial charge in [-0.15, -0.1) is 0 Å². The smallest absolute Gasteiger partial charge is 0.185 e. The number of carbonyl (C=O) groups is 3. The number of hydrogen-bond acceptors (Lipinski definition) is 6. The molecule has 1 unspecified atom stereocenters. The van der Waals surface area contributed by atoms with Crippen LogP contribution in [0.4, 0.5) is 5.69 Å². The second-order valence-electron chi connectivity index (χ2n) is 10.7. The largest absolute Gasteiger partial charge is 0.497 e. The second kappa shape index (κ2) is 9.71. The van der Waals surface area contributed by atoms with Crippen LogP contribution in [0.25, 0.3) is 6.08 Å². The van der Waals surface area contributed by atoms with Gasteiger partial charge in [-0.25, -0.2) is 0 Å². The Labute approximate surface area is 248 Å². The molecule has 1 aliphatic carbocycles. The summed E-state index contributed by atoms with van der Waals surface area (Å²) in [4.78, 5) is 46.3. The molecule has 1 spiro atoms. The summed E-state index contributed by atoms with van der Waals surface area (Å²) in [6, 6.07) is 25.0. The van der Waals surface area contributed by atoms with Crippen LogP contribution in [-0.4, -0.2) is 43.7 Å². The first-order chi connectivity index (χ1) is 20.4. The first-order valence-electron chi connectivity index (χ1n) is 13.7. The number of ether oxygens (including phenoxy) is 2. The van der Waals surface area contributed by atoms with Gasteiger partial charge < -0.3 is 14.4 Å². The first kappa shape index (κ1) is 26.2. The Morgan fingerprint density at radius 3 is 2.19 bits per heavy atom. The van der Waals surface area contributed by atoms with E-state index in [2.05, 4.69) is 0 Å². The third-order valence-electron chi connectivity index (χ3n) is 8.87. The molecule has 0 radical (unpaired) electrons. The van der Waals surface area contributed by atoms with Crippen LogP contribution in [0, 0.1) is 5.41 Å². The summed E-state index contributed by atoms with van der Waals surface area (Å²) < 4.78 is 11.3. The van der Waals surface area contributed by atoms with Crippen LogP contribution in [0.15, 0.2) is 97.1 Å². The maximum absolute atomic E-state index is 14.8. The number of fused-ring (bicyclic) bond motifs is 5. The highest BCUT2D eigenvalue weighted by Crippen LogP contribution is 2.62. The number of nitrogens with zero attached hydrogens (tertiary/aromatic N) is 1. The number of ketones is 3. The summed E-state index contributed by atoms with van der Waals surface area (Å²) in [6.07, 6.45) is 3.77. The molecule has 4 aromatic rings. The number of anilines is 1. The van der Waals surface area contributed by atoms with Gasteiger partial charge in [0.25, 0.3) is 0 Å². The Bertz CT molecular complexity index is 1780. The number of Topliss-reactive ketones (excluding diaryl/α,β-unsaturated/α-hetero) is 3. The molecule has 208 valence electrons. The molecule has 0 N–H and O–H groups in total. The predicted molar refractivity (Wildman–Crippen MR) is 161 cm³/mol. The summed E-state index contributed by atoms with van der Waals surface area (Å²) in [5, 5.41) is 0.547. The summed E-state index contributed by atoms with van der Waals surface area (Å²) in [6.45, 7) is 0. The standard InChI is InChI=1S/C35H26ClNO5/c1-41-23-14-15-26(28(19-23)42-2)30-31(32(38)20-8-4-3-5-9-20)37-27-16-13-22(36)18-21(27)12-17-29(37)35(30)33(39)24-10-6-7-11-25(24)34(35)40/h3-19,29-31H,1-2H3/t29?,30-,31+/m0/s1. The minimum absolute atomic E-state index is 0.201. The van der Waals surface area contributed by atoms with E-state index in [1.165, 1.54) is 7.11 Å². The van der Waals surface area contributed by atoms with Crippen molar-refractivity contribution in [1.29, 1.82) is 0 Å². The Morgan fingerprint density at radius 1 is 0.833 bits per heavy atom. The fourth-order valence-corrected chi connectivity index (χ4v) is 7.32. The maximum Gasteiger partial charge on any atom is 0.185 e. The average Bonchev–Trinajstić information content (AvgIpc) is 3.46. The van der Waals surface area contributed by atoms with Gasteiger partial charge in [0.1, 0.15) is 23.0 Å². The third-order valence-corrected chi connectivity index (χ3v) is 9.10. The van der Waals surface area contributed by atoms with E-state index in [1.54, 1.807) is 61.7 Å². The highest BCUT2D eigenvalue weighted by molar-refractivity contribution is 6.33. The molecule has 1 fully saturated rings. The number of rotatable bonds is 5. The fraction of sp³-hybridized carbons (Fsp3) is 0.171. The van der Waals surface area contributed by atoms with Crippen LogP contribution >= 0.6 is 11.6 Å². The van der Waals surface area contributed by atoms with E-state index in [1.807, 2.05) is 53.5 Å². The summed E-state index contributed by atoms with van der Waals surface area (Å²) in [5.74, 6) is -0.708. The molecule has 42 heavy (non-hydrogen) atoms. The van der Waals surface area contributed by atoms with Crippen LogP contribution in [0.5, 0.6) is 11.5 Å². The molecule has 4 aromatic carbocycles. The molecule has 0 saturated carbocycles. The molecular weight excluding hydrogens is 550 g/mol. The van der Waals surface area contributed by atoms with Gasteiger partial charge in [-0.2, -0.15) is 0 Å². The van der Waals surface area contributed by atoms with Crippen molar-refractivity contribution in [2.75, 3.05) is 19.1 Å². The highest BCUT2D eigenvalue weighted by atomic mass is 35.5. The van der Waals surface area contributed by atoms with Gasteiger partial charge in [-0.1, -0.05) is 84.4 Å². The molecule has 0 bridgehead atoms. The fourth-order valence-electron chi connectivity index (χ4n) is 7.14. The number of hydrogen-bond donors (Lipinski definition) is 0. The Morgan fingerprint density at radius 2 is 1.52 bits per heavy atom. The van der Waals surface area contributed by atoms with Gasteiger partial charge in [-0.3, -0.25) is 14.4 Å². The molecule has 0 aromatic heterocycles. The summed E-state index contributed by atoms with van der Waals surface area (Å²) >= 11 is 6.38. The number of methoxy groups -OCH3 is 2. The zero-order chi connectivity index (χ0) is 29.2. The Kier molecular flexibility index (Phi) is 6.06. The lowest BCUT2D eigenvalue weighted by Crippen LogP contribution is -2.48. The Balaban J connectivity index is 1.57. The molecule has 2 heterocycles. The molecule has 7 heteroatoms. The van der Waals surface area contributed by atoms with E-state index in [4.69, 9.17) is 21.1 Å². The minimum atomic E-state index is -1.63. The quantitative estimate of drug-likeness (QED) is 0.195. The lowest BCUT2D eigenvalue weighted by Gasteiger charge is -2.37. The lowest BCUT2D eigenvalue weighted by atomic mass is 9.64. The Hall–Kier alpha value is -4.68. The van der Waals surface area contributed by atoms with E-state index < -0.39 is 23.4 Å². The van der Waals surface area contributed by atoms with Gasteiger partial charge in [0.15, 0.2) is 17.3 Å². The van der Waals surface area contributed by atoms with Crippen LogP contribution < -0.4 is 14.4 Å². The minimum Gasteiger partial charge on any atom is -0.497 e. The third kappa shape index (κ3) is 3.48. The van der Waals surface area contributed by atoms with E-state index >= 15 is 0 Å². The molecule has 2 aliphatic heterocycles. The molecule has 6 nitrogen and oxygen atoms in total. The number of benzene rings is 4. The van der Waals surface area contributed by atoms with Crippen molar-refractivity contribution in [3.8, 4) is 11.5 Å². The molecular formula is C35H26ClNO5. The second-order valence-corrected chi connectivity index (χ2v) is 11.2. The van der Waals surface area contributed by atoms with Crippen molar-refractivity contribution in [2.24, 2.45) is 5.41 Å². The van der Waals surface area contributed by atoms with Gasteiger partial charge in [0.2, 0.25) is 0 Å². The van der Waals surface area contributed by atoms with E-state index in [0.717, 1.165) is 11.3 Å². The van der Waals surface area contributed by atoms with Crippen molar-refractivity contribution < 1.29 is 23.9 Å². The van der Waals surface area contributed by atoms with Crippen LogP contribution in [0.1, 0.15) is 48.1 Å². The topological polar surface area (TPSA) is 72.9 Å². The van der Waals surface area contributed by atoms with Gasteiger partial charge in [0, 0.05) is 44.9 Å². The first-order valence-corrected chi connectivity index (χ1v) is 14.1. The van der Waals surface area contributed by atoms with Gasteiger partial charge in [-0.05, 0) is 29.8 Å². The van der Waals surface area contributed by atoms with Gasteiger partial charge in [0.05, 0.1) is 20.3 Å². The van der Waals surface area contributed by atoms with Crippen LogP contribution in [0.3, 0.4) is 0 Å². The number of carbonyl (C=O) groups excluding carboxylic acids is 3. The summed E-state index contributed by atoms with van der Waals surface area (Å²) in [7, 11) is 3.09. The van der Waals surface area contributed by atoms with Gasteiger partial charge >= 0.3 is 0 Å². The zero-order valence-corrected chi connectivity index (χ0v) is 23.7. The molecule has 3 atom stereocenters. The van der Waals surface area contributed by atoms with Crippen LogP contribution in [0.2, 0.25) is 5.02 Å². The normalized spacial score (nSPS) is 21.2. The van der Waals surface area contributed by atoms with Crippen molar-refractivity contribution in [1.82, 2.24) is 0 Å². The lowest BCUT2D eigenvalue weighted by molar-refractivity contribution is 0.0665. The van der Waals surface area contributed by atoms with Crippen molar-refractivity contribution >= 4 is 40.7 Å². The zero-order valence-electron chi connectivity index (χ0n) is 22.9. The molecule has 1 saturated heterocycles. The van der Waals surface area contributed by atoms with E-state index in [-0.39, 0.29) is 17.3 Å². The monoisotopic (exact) mass is 575 g/mol.